The largest absolute Gasteiger partial charge is 0.493 e. The predicted octanol–water partition coefficient (Wildman–Crippen LogP) is -0.00950. The Morgan fingerprint density at radius 3 is 2.82 bits per heavy atom. The van der Waals surface area contributed by atoms with Crippen LogP contribution in [0.15, 0.2) is 22.2 Å². The van der Waals surface area contributed by atoms with Crippen LogP contribution in [-0.4, -0.2) is 39.0 Å². The fourth-order valence-electron chi connectivity index (χ4n) is 1.09. The number of nitrogens with one attached hydrogen (secondary N) is 2. The fraction of sp³-hybridized carbons (Fsp3) is 0.375. The van der Waals surface area contributed by atoms with Gasteiger partial charge in [-0.3, -0.25) is 9.78 Å². The summed E-state index contributed by atoms with van der Waals surface area (Å²) in [6.45, 7) is 0.0311. The van der Waals surface area contributed by atoms with E-state index in [1.165, 1.54) is 6.07 Å². The van der Waals surface area contributed by atoms with Crippen molar-refractivity contribution < 1.29 is 10.2 Å². The molecule has 0 spiro atoms. The van der Waals surface area contributed by atoms with Crippen LogP contribution in [0.5, 0.6) is 5.88 Å². The molecule has 0 aliphatic carbocycles. The van der Waals surface area contributed by atoms with Gasteiger partial charge in [0.2, 0.25) is 12.2 Å². The number of H-pyrrole nitrogens is 1. The SMILES string of the molecule is O=NN(CCCl)C(O)Nc1ccc(=O)[nH]c1O. The number of aliphatic hydroxyl groups excluding tert-OH is 1. The lowest BCUT2D eigenvalue weighted by molar-refractivity contribution is 0.0309. The molecule has 4 N–H and O–H groups in total. The van der Waals surface area contributed by atoms with Crippen molar-refractivity contribution in [2.75, 3.05) is 17.7 Å². The molecule has 1 atom stereocenters. The molecule has 0 aliphatic rings. The highest BCUT2D eigenvalue weighted by atomic mass is 35.5. The number of alkyl halides is 1. The number of rotatable bonds is 6. The van der Waals surface area contributed by atoms with Gasteiger partial charge in [0.15, 0.2) is 0 Å². The summed E-state index contributed by atoms with van der Waals surface area (Å²) in [6.07, 6.45) is -1.46. The number of aromatic nitrogens is 1. The second-order valence-electron chi connectivity index (χ2n) is 3.04. The van der Waals surface area contributed by atoms with Gasteiger partial charge in [0.05, 0.1) is 17.5 Å². The monoisotopic (exact) mass is 262 g/mol. The van der Waals surface area contributed by atoms with E-state index in [1.54, 1.807) is 0 Å². The van der Waals surface area contributed by atoms with Gasteiger partial charge in [-0.15, -0.1) is 16.5 Å². The number of hydrogen-bond donors (Lipinski definition) is 4. The van der Waals surface area contributed by atoms with Crippen molar-refractivity contribution in [3.63, 3.8) is 0 Å². The number of hydrogen-bond acceptors (Lipinski definition) is 6. The van der Waals surface area contributed by atoms with Crippen LogP contribution in [0.2, 0.25) is 0 Å². The number of pyridine rings is 1. The lowest BCUT2D eigenvalue weighted by atomic mass is 10.4. The Hall–Kier alpha value is -1.80. The summed E-state index contributed by atoms with van der Waals surface area (Å²) in [5, 5.41) is 24.6. The third-order valence-electron chi connectivity index (χ3n) is 1.88. The maximum absolute atomic E-state index is 10.8. The van der Waals surface area contributed by atoms with Gasteiger partial charge >= 0.3 is 0 Å². The molecule has 1 aromatic heterocycles. The molecule has 0 aromatic carbocycles. The third kappa shape index (κ3) is 3.61. The van der Waals surface area contributed by atoms with Crippen molar-refractivity contribution in [3.8, 4) is 5.88 Å². The van der Waals surface area contributed by atoms with Gasteiger partial charge in [-0.1, -0.05) is 0 Å². The molecule has 1 aromatic rings. The normalized spacial score (nSPS) is 11.9. The van der Waals surface area contributed by atoms with E-state index in [-0.39, 0.29) is 18.1 Å². The number of halogens is 1. The number of nitrogens with zero attached hydrogens (tertiary/aromatic N) is 2. The van der Waals surface area contributed by atoms with Crippen LogP contribution in [0.3, 0.4) is 0 Å². The van der Waals surface area contributed by atoms with E-state index in [0.29, 0.717) is 0 Å². The summed E-state index contributed by atoms with van der Waals surface area (Å²) in [5.41, 5.74) is -0.436. The minimum atomic E-state index is -1.46. The minimum Gasteiger partial charge on any atom is -0.493 e. The van der Waals surface area contributed by atoms with E-state index < -0.39 is 17.8 Å². The Labute approximate surface area is 101 Å². The van der Waals surface area contributed by atoms with Crippen molar-refractivity contribution in [2.45, 2.75) is 6.35 Å². The van der Waals surface area contributed by atoms with Gasteiger partial charge in [0.25, 0.3) is 5.56 Å². The first kappa shape index (κ1) is 13.3. The number of nitroso groups, excluding NO2 is 1. The van der Waals surface area contributed by atoms with E-state index in [4.69, 9.17) is 11.6 Å². The van der Waals surface area contributed by atoms with E-state index in [2.05, 4.69) is 15.6 Å². The predicted molar refractivity (Wildman–Crippen MR) is 61.6 cm³/mol. The number of anilines is 1. The van der Waals surface area contributed by atoms with E-state index in [1.807, 2.05) is 0 Å². The molecule has 8 nitrogen and oxygen atoms in total. The fourth-order valence-corrected chi connectivity index (χ4v) is 1.26. The Morgan fingerprint density at radius 2 is 2.29 bits per heavy atom. The molecule has 9 heteroatoms. The molecule has 0 saturated carbocycles. The Bertz CT molecular complexity index is 438. The lowest BCUT2D eigenvalue weighted by Gasteiger charge is -2.22. The molecular weight excluding hydrogens is 252 g/mol. The highest BCUT2D eigenvalue weighted by molar-refractivity contribution is 6.18. The van der Waals surface area contributed by atoms with Gasteiger partial charge in [0, 0.05) is 11.9 Å². The maximum Gasteiger partial charge on any atom is 0.250 e. The summed E-state index contributed by atoms with van der Waals surface area (Å²) in [7, 11) is 0. The van der Waals surface area contributed by atoms with Crippen molar-refractivity contribution in [1.29, 1.82) is 0 Å². The van der Waals surface area contributed by atoms with Crippen molar-refractivity contribution >= 4 is 17.3 Å². The summed E-state index contributed by atoms with van der Waals surface area (Å²) in [6, 6.07) is 2.40. The maximum atomic E-state index is 10.8. The van der Waals surface area contributed by atoms with Gasteiger partial charge in [-0.2, -0.15) is 0 Å². The third-order valence-corrected chi connectivity index (χ3v) is 2.05. The average Bonchev–Trinajstić information content (AvgIpc) is 2.29. The average molecular weight is 263 g/mol. The first-order valence-corrected chi connectivity index (χ1v) is 5.14. The van der Waals surface area contributed by atoms with Crippen LogP contribution in [-0.2, 0) is 0 Å². The Morgan fingerprint density at radius 1 is 1.59 bits per heavy atom. The van der Waals surface area contributed by atoms with Crippen LogP contribution < -0.4 is 10.9 Å². The molecule has 1 rings (SSSR count). The van der Waals surface area contributed by atoms with Gasteiger partial charge < -0.3 is 15.5 Å². The summed E-state index contributed by atoms with van der Waals surface area (Å²) in [5.74, 6) is -0.351. The molecule has 0 bridgehead atoms. The summed E-state index contributed by atoms with van der Waals surface area (Å²) in [4.78, 5) is 23.3. The first-order valence-electron chi connectivity index (χ1n) is 4.61. The van der Waals surface area contributed by atoms with Gasteiger partial charge in [0.1, 0.15) is 0 Å². The number of aromatic hydroxyl groups is 1. The second kappa shape index (κ2) is 6.06. The zero-order valence-corrected chi connectivity index (χ0v) is 9.39. The van der Waals surface area contributed by atoms with E-state index in [0.717, 1.165) is 11.1 Å². The lowest BCUT2D eigenvalue weighted by Crippen LogP contribution is -2.38. The first-order chi connectivity index (χ1) is 8.08. The molecule has 0 saturated heterocycles. The van der Waals surface area contributed by atoms with Crippen LogP contribution in [0.1, 0.15) is 0 Å². The molecular formula is C8H11ClN4O4. The standard InChI is InChI=1S/C8H11ClN4O4/c9-3-4-13(12-17)8(16)10-5-1-2-6(14)11-7(5)15/h1-2,8,10,16H,3-4H2,(H2,11,14,15). The van der Waals surface area contributed by atoms with Crippen molar-refractivity contribution in [3.05, 3.63) is 27.4 Å². The minimum absolute atomic E-state index is 0.0311. The highest BCUT2D eigenvalue weighted by Gasteiger charge is 2.15. The molecule has 0 fully saturated rings. The number of aromatic amines is 1. The van der Waals surface area contributed by atoms with Crippen molar-refractivity contribution in [2.24, 2.45) is 5.29 Å². The summed E-state index contributed by atoms with van der Waals surface area (Å²) >= 11 is 5.40. The molecule has 0 aliphatic heterocycles. The molecule has 0 radical (unpaired) electrons. The van der Waals surface area contributed by atoms with Crippen LogP contribution in [0.25, 0.3) is 0 Å². The topological polar surface area (TPSA) is 118 Å². The van der Waals surface area contributed by atoms with E-state index >= 15 is 0 Å². The zero-order chi connectivity index (χ0) is 12.8. The number of aliphatic hydroxyl groups is 1. The molecule has 94 valence electrons. The second-order valence-corrected chi connectivity index (χ2v) is 3.41. The quantitative estimate of drug-likeness (QED) is 0.248. The molecule has 1 heterocycles. The molecule has 0 amide bonds. The zero-order valence-electron chi connectivity index (χ0n) is 8.63. The summed E-state index contributed by atoms with van der Waals surface area (Å²) < 4.78 is 0. The van der Waals surface area contributed by atoms with Crippen LogP contribution in [0, 0.1) is 4.91 Å². The van der Waals surface area contributed by atoms with Gasteiger partial charge in [-0.05, 0) is 6.07 Å². The Kier molecular flexibility index (Phi) is 4.73. The Balaban J connectivity index is 2.75. The highest BCUT2D eigenvalue weighted by Crippen LogP contribution is 2.18. The van der Waals surface area contributed by atoms with Gasteiger partial charge in [-0.25, -0.2) is 5.01 Å². The van der Waals surface area contributed by atoms with Crippen LogP contribution in [0.4, 0.5) is 5.69 Å². The molecule has 17 heavy (non-hydrogen) atoms. The van der Waals surface area contributed by atoms with Crippen molar-refractivity contribution in [1.82, 2.24) is 9.99 Å². The smallest absolute Gasteiger partial charge is 0.250 e. The van der Waals surface area contributed by atoms with E-state index in [9.17, 15) is 19.9 Å². The van der Waals surface area contributed by atoms with Crippen LogP contribution >= 0.6 is 11.6 Å². The molecule has 1 unspecified atom stereocenters.